The first-order valence-corrected chi connectivity index (χ1v) is 11.2. The van der Waals surface area contributed by atoms with Crippen molar-refractivity contribution in [2.45, 2.75) is 13.0 Å². The molecule has 1 aromatic heterocycles. The number of methoxy groups -OCH3 is 1. The van der Waals surface area contributed by atoms with E-state index in [0.717, 1.165) is 22.4 Å². The summed E-state index contributed by atoms with van der Waals surface area (Å²) in [6.45, 7) is 0.945. The third-order valence-electron chi connectivity index (χ3n) is 5.38. The number of rotatable bonds is 8. The Balaban J connectivity index is 1.50. The van der Waals surface area contributed by atoms with Crippen molar-refractivity contribution in [2.75, 3.05) is 24.7 Å². The van der Waals surface area contributed by atoms with E-state index in [-0.39, 0.29) is 6.03 Å². The lowest BCUT2D eigenvalue weighted by molar-refractivity contribution is 0.252. The maximum absolute atomic E-state index is 12.7. The first-order chi connectivity index (χ1) is 16.5. The summed E-state index contributed by atoms with van der Waals surface area (Å²) in [6.07, 6.45) is 0.685. The molecule has 0 unspecified atom stereocenters. The van der Waals surface area contributed by atoms with Gasteiger partial charge in [0.15, 0.2) is 0 Å². The number of nitrogens with two attached hydrogens (primary N) is 1. The van der Waals surface area contributed by atoms with Gasteiger partial charge in [-0.15, -0.1) is 0 Å². The molecule has 2 amide bonds. The van der Waals surface area contributed by atoms with Gasteiger partial charge in [-0.2, -0.15) is 5.10 Å². The van der Waals surface area contributed by atoms with E-state index >= 15 is 0 Å². The van der Waals surface area contributed by atoms with E-state index < -0.39 is 0 Å². The fourth-order valence-corrected chi connectivity index (χ4v) is 3.68. The van der Waals surface area contributed by atoms with Gasteiger partial charge in [0.1, 0.15) is 22.9 Å². The molecule has 1 heterocycles. The SMILES string of the molecule is COc1ccc(CCNC(=O)Nc2c(-c3ccc(Cl)cc3)nn(Cc3ccccc3)c2N)cc1. The molecule has 0 saturated carbocycles. The summed E-state index contributed by atoms with van der Waals surface area (Å²) in [4.78, 5) is 12.7. The van der Waals surface area contributed by atoms with E-state index in [1.807, 2.05) is 66.7 Å². The molecule has 4 aromatic rings. The Hall–Kier alpha value is -3.97. The van der Waals surface area contributed by atoms with E-state index in [2.05, 4.69) is 10.6 Å². The second-order valence-electron chi connectivity index (χ2n) is 7.74. The van der Waals surface area contributed by atoms with Gasteiger partial charge in [0.25, 0.3) is 0 Å². The molecule has 0 saturated heterocycles. The Morgan fingerprint density at radius 3 is 2.38 bits per heavy atom. The molecule has 0 bridgehead atoms. The number of halogens is 1. The molecule has 0 spiro atoms. The number of hydrogen-bond donors (Lipinski definition) is 3. The molecule has 3 aromatic carbocycles. The van der Waals surface area contributed by atoms with Crippen LogP contribution in [-0.2, 0) is 13.0 Å². The Kier molecular flexibility index (Phi) is 7.34. The molecular weight excluding hydrogens is 450 g/mol. The second-order valence-corrected chi connectivity index (χ2v) is 8.17. The number of carbonyl (C=O) groups is 1. The smallest absolute Gasteiger partial charge is 0.319 e. The number of nitrogens with one attached hydrogen (secondary N) is 2. The Labute approximate surface area is 203 Å². The van der Waals surface area contributed by atoms with Crippen molar-refractivity contribution < 1.29 is 9.53 Å². The fraction of sp³-hybridized carbons (Fsp3) is 0.154. The maximum atomic E-state index is 12.7. The largest absolute Gasteiger partial charge is 0.497 e. The van der Waals surface area contributed by atoms with Crippen molar-refractivity contribution in [3.05, 3.63) is 95.0 Å². The van der Waals surface area contributed by atoms with Crippen molar-refractivity contribution in [1.82, 2.24) is 15.1 Å². The van der Waals surface area contributed by atoms with Crippen LogP contribution in [0.1, 0.15) is 11.1 Å². The number of ether oxygens (including phenoxy) is 1. The van der Waals surface area contributed by atoms with Gasteiger partial charge in [0.2, 0.25) is 0 Å². The number of amides is 2. The lowest BCUT2D eigenvalue weighted by Gasteiger charge is -2.10. The monoisotopic (exact) mass is 475 g/mol. The minimum Gasteiger partial charge on any atom is -0.497 e. The predicted molar refractivity (Wildman–Crippen MR) is 136 cm³/mol. The highest BCUT2D eigenvalue weighted by Gasteiger charge is 2.19. The van der Waals surface area contributed by atoms with E-state index in [4.69, 9.17) is 27.2 Å². The maximum Gasteiger partial charge on any atom is 0.319 e. The van der Waals surface area contributed by atoms with Crippen LogP contribution in [0.3, 0.4) is 0 Å². The topological polar surface area (TPSA) is 94.2 Å². The summed E-state index contributed by atoms with van der Waals surface area (Å²) in [6, 6.07) is 24.5. The van der Waals surface area contributed by atoms with Crippen molar-refractivity contribution in [3.63, 3.8) is 0 Å². The van der Waals surface area contributed by atoms with Crippen LogP contribution in [0, 0.1) is 0 Å². The van der Waals surface area contributed by atoms with E-state index in [0.29, 0.717) is 41.7 Å². The zero-order valence-electron chi connectivity index (χ0n) is 18.8. The number of urea groups is 1. The third-order valence-corrected chi connectivity index (χ3v) is 5.63. The normalized spacial score (nSPS) is 10.6. The Morgan fingerprint density at radius 2 is 1.71 bits per heavy atom. The third kappa shape index (κ3) is 5.68. The molecule has 0 radical (unpaired) electrons. The van der Waals surface area contributed by atoms with Crippen LogP contribution in [0.5, 0.6) is 5.75 Å². The van der Waals surface area contributed by atoms with E-state index in [9.17, 15) is 4.79 Å². The number of benzene rings is 3. The molecule has 0 atom stereocenters. The summed E-state index contributed by atoms with van der Waals surface area (Å²) in [5.74, 6) is 1.17. The summed E-state index contributed by atoms with van der Waals surface area (Å²) >= 11 is 6.05. The first kappa shape index (κ1) is 23.2. The summed E-state index contributed by atoms with van der Waals surface area (Å²) in [5, 5.41) is 11.1. The molecule has 8 heteroatoms. The average Bonchev–Trinajstić information content (AvgIpc) is 3.15. The zero-order chi connectivity index (χ0) is 23.9. The van der Waals surface area contributed by atoms with Crippen LogP contribution in [0.2, 0.25) is 5.02 Å². The van der Waals surface area contributed by atoms with Crippen LogP contribution in [0.25, 0.3) is 11.3 Å². The summed E-state index contributed by atoms with van der Waals surface area (Å²) in [5.41, 5.74) is 10.4. The Bertz CT molecular complexity index is 1240. The minimum atomic E-state index is -0.352. The number of carbonyl (C=O) groups excluding carboxylic acids is 1. The van der Waals surface area contributed by atoms with E-state index in [1.54, 1.807) is 23.9 Å². The van der Waals surface area contributed by atoms with Gasteiger partial charge >= 0.3 is 6.03 Å². The van der Waals surface area contributed by atoms with Gasteiger partial charge in [-0.3, -0.25) is 0 Å². The molecule has 0 fully saturated rings. The second kappa shape index (κ2) is 10.8. The van der Waals surface area contributed by atoms with Crippen molar-refractivity contribution in [3.8, 4) is 17.0 Å². The fourth-order valence-electron chi connectivity index (χ4n) is 3.56. The molecular formula is C26H26ClN5O2. The molecule has 34 heavy (non-hydrogen) atoms. The van der Waals surface area contributed by atoms with Gasteiger partial charge in [0, 0.05) is 17.1 Å². The highest BCUT2D eigenvalue weighted by molar-refractivity contribution is 6.30. The summed E-state index contributed by atoms with van der Waals surface area (Å²) in [7, 11) is 1.63. The highest BCUT2D eigenvalue weighted by Crippen LogP contribution is 2.33. The van der Waals surface area contributed by atoms with Gasteiger partial charge in [0.05, 0.1) is 13.7 Å². The molecule has 0 aliphatic heterocycles. The quantitative estimate of drug-likeness (QED) is 0.326. The number of nitrogen functional groups attached to an aromatic ring is 1. The first-order valence-electron chi connectivity index (χ1n) is 10.9. The van der Waals surface area contributed by atoms with Crippen LogP contribution in [-0.4, -0.2) is 29.5 Å². The number of hydrogen-bond acceptors (Lipinski definition) is 4. The summed E-state index contributed by atoms with van der Waals surface area (Å²) < 4.78 is 6.86. The van der Waals surface area contributed by atoms with Crippen LogP contribution in [0.4, 0.5) is 16.3 Å². The lowest BCUT2D eigenvalue weighted by Crippen LogP contribution is -2.30. The molecule has 0 aliphatic carbocycles. The molecule has 4 rings (SSSR count). The molecule has 4 N–H and O–H groups in total. The lowest BCUT2D eigenvalue weighted by atomic mass is 10.1. The van der Waals surface area contributed by atoms with Crippen molar-refractivity contribution in [1.29, 1.82) is 0 Å². The van der Waals surface area contributed by atoms with Gasteiger partial charge < -0.3 is 21.1 Å². The average molecular weight is 476 g/mol. The van der Waals surface area contributed by atoms with Gasteiger partial charge in [-0.1, -0.05) is 66.2 Å². The van der Waals surface area contributed by atoms with Crippen molar-refractivity contribution in [2.24, 2.45) is 0 Å². The van der Waals surface area contributed by atoms with Crippen molar-refractivity contribution >= 4 is 29.1 Å². The van der Waals surface area contributed by atoms with Crippen LogP contribution in [0.15, 0.2) is 78.9 Å². The van der Waals surface area contributed by atoms with Crippen LogP contribution >= 0.6 is 11.6 Å². The molecule has 0 aliphatic rings. The number of aromatic nitrogens is 2. The number of nitrogens with zero attached hydrogens (tertiary/aromatic N) is 2. The Morgan fingerprint density at radius 1 is 1.00 bits per heavy atom. The minimum absolute atomic E-state index is 0.352. The molecule has 7 nitrogen and oxygen atoms in total. The van der Waals surface area contributed by atoms with Crippen LogP contribution < -0.4 is 21.1 Å². The van der Waals surface area contributed by atoms with Gasteiger partial charge in [-0.05, 0) is 41.8 Å². The number of anilines is 2. The molecule has 174 valence electrons. The zero-order valence-corrected chi connectivity index (χ0v) is 19.5. The van der Waals surface area contributed by atoms with Gasteiger partial charge in [-0.25, -0.2) is 9.48 Å². The predicted octanol–water partition coefficient (Wildman–Crippen LogP) is 5.21. The highest BCUT2D eigenvalue weighted by atomic mass is 35.5. The standard InChI is InChI=1S/C26H26ClN5O2/c1-34-22-13-7-18(8-14-22)15-16-29-26(33)30-24-23(20-9-11-21(27)12-10-20)31-32(25(24)28)17-19-5-3-2-4-6-19/h2-14H,15-17,28H2,1H3,(H2,29,30,33). The van der Waals surface area contributed by atoms with E-state index in [1.165, 1.54) is 0 Å².